The number of aryl methyl sites for hydroxylation is 1. The standard InChI is InChI=1S/C9H7BrN2O2S/c1-12-6(4-5(11-12)9(13)14)7-2-3-8(10)15-7/h2-4H,1H3,(H,13,14). The predicted molar refractivity (Wildman–Crippen MR) is 61.2 cm³/mol. The molecule has 0 aromatic carbocycles. The summed E-state index contributed by atoms with van der Waals surface area (Å²) in [5, 5.41) is 12.7. The molecular formula is C9H7BrN2O2S. The molecule has 0 aliphatic heterocycles. The van der Waals surface area contributed by atoms with Crippen LogP contribution in [0.4, 0.5) is 0 Å². The van der Waals surface area contributed by atoms with Crippen LogP contribution in [0.3, 0.4) is 0 Å². The van der Waals surface area contributed by atoms with Crippen LogP contribution in [-0.4, -0.2) is 20.9 Å². The molecular weight excluding hydrogens is 280 g/mol. The van der Waals surface area contributed by atoms with Gasteiger partial charge < -0.3 is 5.11 Å². The van der Waals surface area contributed by atoms with Gasteiger partial charge in [-0.1, -0.05) is 0 Å². The van der Waals surface area contributed by atoms with Crippen LogP contribution >= 0.6 is 27.3 Å². The molecule has 0 spiro atoms. The van der Waals surface area contributed by atoms with E-state index in [4.69, 9.17) is 5.11 Å². The third kappa shape index (κ3) is 1.95. The van der Waals surface area contributed by atoms with E-state index in [0.717, 1.165) is 14.4 Å². The van der Waals surface area contributed by atoms with Crippen LogP contribution in [0, 0.1) is 0 Å². The normalized spacial score (nSPS) is 10.5. The highest BCUT2D eigenvalue weighted by Gasteiger charge is 2.13. The van der Waals surface area contributed by atoms with E-state index >= 15 is 0 Å². The molecule has 0 fully saturated rings. The highest BCUT2D eigenvalue weighted by atomic mass is 79.9. The lowest BCUT2D eigenvalue weighted by atomic mass is 10.3. The monoisotopic (exact) mass is 286 g/mol. The molecule has 0 atom stereocenters. The number of aromatic nitrogens is 2. The maximum Gasteiger partial charge on any atom is 0.356 e. The fraction of sp³-hybridized carbons (Fsp3) is 0.111. The summed E-state index contributed by atoms with van der Waals surface area (Å²) in [5.41, 5.74) is 0.875. The first kappa shape index (κ1) is 10.4. The summed E-state index contributed by atoms with van der Waals surface area (Å²) in [6, 6.07) is 5.42. The summed E-state index contributed by atoms with van der Waals surface area (Å²) in [4.78, 5) is 11.7. The molecule has 0 bridgehead atoms. The third-order valence-corrected chi connectivity index (χ3v) is 3.57. The van der Waals surface area contributed by atoms with Crippen molar-refractivity contribution in [2.24, 2.45) is 7.05 Å². The first-order valence-electron chi connectivity index (χ1n) is 4.11. The lowest BCUT2D eigenvalue weighted by molar-refractivity contribution is 0.0689. The average molecular weight is 287 g/mol. The van der Waals surface area contributed by atoms with Gasteiger partial charge in [-0.3, -0.25) is 4.68 Å². The fourth-order valence-electron chi connectivity index (χ4n) is 1.25. The first-order valence-corrected chi connectivity index (χ1v) is 5.72. The number of carbonyl (C=O) groups is 1. The Balaban J connectivity index is 2.49. The maximum absolute atomic E-state index is 10.7. The Morgan fingerprint density at radius 2 is 2.33 bits per heavy atom. The number of rotatable bonds is 2. The molecule has 6 heteroatoms. The van der Waals surface area contributed by atoms with Crippen LogP contribution in [0.25, 0.3) is 10.6 Å². The summed E-state index contributed by atoms with van der Waals surface area (Å²) in [6.07, 6.45) is 0. The quantitative estimate of drug-likeness (QED) is 0.923. The lowest BCUT2D eigenvalue weighted by Crippen LogP contribution is -1.99. The van der Waals surface area contributed by atoms with E-state index < -0.39 is 5.97 Å². The Kier molecular flexibility index (Phi) is 2.62. The number of thiophene rings is 1. The van der Waals surface area contributed by atoms with E-state index in [-0.39, 0.29) is 5.69 Å². The molecule has 0 saturated carbocycles. The van der Waals surface area contributed by atoms with Crippen molar-refractivity contribution in [2.45, 2.75) is 0 Å². The minimum absolute atomic E-state index is 0.0667. The van der Waals surface area contributed by atoms with Gasteiger partial charge in [0.2, 0.25) is 0 Å². The number of hydrogen-bond donors (Lipinski definition) is 1. The second kappa shape index (κ2) is 3.79. The lowest BCUT2D eigenvalue weighted by Gasteiger charge is -1.95. The van der Waals surface area contributed by atoms with Crippen molar-refractivity contribution in [2.75, 3.05) is 0 Å². The van der Waals surface area contributed by atoms with E-state index in [1.54, 1.807) is 29.1 Å². The molecule has 1 N–H and O–H groups in total. The van der Waals surface area contributed by atoms with Crippen LogP contribution in [0.5, 0.6) is 0 Å². The van der Waals surface area contributed by atoms with E-state index in [1.165, 1.54) is 0 Å². The maximum atomic E-state index is 10.7. The molecule has 2 heterocycles. The minimum Gasteiger partial charge on any atom is -0.476 e. The summed E-state index contributed by atoms with van der Waals surface area (Å²) in [7, 11) is 1.73. The zero-order valence-electron chi connectivity index (χ0n) is 7.77. The molecule has 2 aromatic heterocycles. The molecule has 78 valence electrons. The Hall–Kier alpha value is -1.14. The van der Waals surface area contributed by atoms with E-state index in [2.05, 4.69) is 21.0 Å². The van der Waals surface area contributed by atoms with Crippen LogP contribution in [0.2, 0.25) is 0 Å². The average Bonchev–Trinajstić information content (AvgIpc) is 2.71. The van der Waals surface area contributed by atoms with E-state index in [0.29, 0.717) is 0 Å². The molecule has 2 aromatic rings. The third-order valence-electron chi connectivity index (χ3n) is 1.92. The predicted octanol–water partition coefficient (Wildman–Crippen LogP) is 2.61. The van der Waals surface area contributed by atoms with Gasteiger partial charge in [-0.15, -0.1) is 11.3 Å². The van der Waals surface area contributed by atoms with Crippen LogP contribution in [0.15, 0.2) is 22.0 Å². The molecule has 0 amide bonds. The Bertz CT molecular complexity index is 518. The van der Waals surface area contributed by atoms with Gasteiger partial charge in [-0.25, -0.2) is 4.79 Å². The van der Waals surface area contributed by atoms with E-state index in [9.17, 15) is 4.79 Å². The highest BCUT2D eigenvalue weighted by molar-refractivity contribution is 9.11. The number of carboxylic acid groups (broad SMARTS) is 1. The van der Waals surface area contributed by atoms with Crippen molar-refractivity contribution in [1.82, 2.24) is 9.78 Å². The minimum atomic E-state index is -1.01. The Morgan fingerprint density at radius 1 is 1.60 bits per heavy atom. The first-order chi connectivity index (χ1) is 7.08. The zero-order valence-corrected chi connectivity index (χ0v) is 10.2. The molecule has 0 unspecified atom stereocenters. The van der Waals surface area contributed by atoms with Crippen molar-refractivity contribution in [1.29, 1.82) is 0 Å². The summed E-state index contributed by atoms with van der Waals surface area (Å²) in [5.74, 6) is -1.01. The number of carboxylic acids is 1. The second-order valence-corrected chi connectivity index (χ2v) is 5.41. The Morgan fingerprint density at radius 3 is 2.80 bits per heavy atom. The number of hydrogen-bond acceptors (Lipinski definition) is 3. The smallest absolute Gasteiger partial charge is 0.356 e. The van der Waals surface area contributed by atoms with Gasteiger partial charge >= 0.3 is 5.97 Å². The zero-order chi connectivity index (χ0) is 11.0. The summed E-state index contributed by atoms with van der Waals surface area (Å²) >= 11 is 4.91. The number of aromatic carboxylic acids is 1. The topological polar surface area (TPSA) is 55.1 Å². The number of nitrogens with zero attached hydrogens (tertiary/aromatic N) is 2. The SMILES string of the molecule is Cn1nc(C(=O)O)cc1-c1ccc(Br)s1. The van der Waals surface area contributed by atoms with Gasteiger partial charge in [0.25, 0.3) is 0 Å². The van der Waals surface area contributed by atoms with Crippen molar-refractivity contribution < 1.29 is 9.90 Å². The van der Waals surface area contributed by atoms with Crippen molar-refractivity contribution in [3.05, 3.63) is 27.7 Å². The number of halogens is 1. The van der Waals surface area contributed by atoms with E-state index in [1.807, 2.05) is 12.1 Å². The van der Waals surface area contributed by atoms with Gasteiger partial charge in [-0.2, -0.15) is 5.10 Å². The van der Waals surface area contributed by atoms with Gasteiger partial charge in [0.1, 0.15) is 0 Å². The second-order valence-electron chi connectivity index (χ2n) is 2.95. The van der Waals surface area contributed by atoms with Crippen molar-refractivity contribution >= 4 is 33.2 Å². The van der Waals surface area contributed by atoms with Gasteiger partial charge in [0.05, 0.1) is 14.4 Å². The van der Waals surface area contributed by atoms with Crippen LogP contribution in [0.1, 0.15) is 10.5 Å². The molecule has 0 radical (unpaired) electrons. The highest BCUT2D eigenvalue weighted by Crippen LogP contribution is 2.31. The molecule has 15 heavy (non-hydrogen) atoms. The Labute approximate surface area is 98.3 Å². The molecule has 0 aliphatic rings. The summed E-state index contributed by atoms with van der Waals surface area (Å²) in [6.45, 7) is 0. The van der Waals surface area contributed by atoms with Gasteiger partial charge in [0.15, 0.2) is 5.69 Å². The van der Waals surface area contributed by atoms with Crippen LogP contribution < -0.4 is 0 Å². The molecule has 4 nitrogen and oxygen atoms in total. The summed E-state index contributed by atoms with van der Waals surface area (Å²) < 4.78 is 2.58. The van der Waals surface area contributed by atoms with Gasteiger partial charge in [-0.05, 0) is 34.1 Å². The van der Waals surface area contributed by atoms with Crippen LogP contribution in [-0.2, 0) is 7.05 Å². The largest absolute Gasteiger partial charge is 0.476 e. The molecule has 2 rings (SSSR count). The molecule has 0 saturated heterocycles. The van der Waals surface area contributed by atoms with Gasteiger partial charge in [0, 0.05) is 7.05 Å². The fourth-order valence-corrected chi connectivity index (χ4v) is 2.69. The van der Waals surface area contributed by atoms with Crippen molar-refractivity contribution in [3.63, 3.8) is 0 Å². The molecule has 0 aliphatic carbocycles. The van der Waals surface area contributed by atoms with Crippen molar-refractivity contribution in [3.8, 4) is 10.6 Å².